The molecular weight excluding hydrogens is 360 g/mol. The van der Waals surface area contributed by atoms with Crippen LogP contribution in [0.3, 0.4) is 0 Å². The molecule has 1 aliphatic rings. The fourth-order valence-electron chi connectivity index (χ4n) is 2.44. The van der Waals surface area contributed by atoms with Gasteiger partial charge in [0.25, 0.3) is 5.91 Å². The first kappa shape index (κ1) is 17.3. The Bertz CT molecular complexity index is 865. The van der Waals surface area contributed by atoms with Gasteiger partial charge in [0.05, 0.1) is 24.9 Å². The summed E-state index contributed by atoms with van der Waals surface area (Å²) in [5, 5.41) is 3.73. The summed E-state index contributed by atoms with van der Waals surface area (Å²) in [4.78, 5) is 14.1. The fourth-order valence-corrected chi connectivity index (χ4v) is 3.00. The number of halogens is 1. The van der Waals surface area contributed by atoms with Crippen LogP contribution < -0.4 is 19.7 Å². The zero-order chi connectivity index (χ0) is 18.0. The minimum absolute atomic E-state index is 0.234. The van der Waals surface area contributed by atoms with Crippen molar-refractivity contribution < 1.29 is 14.3 Å². The quantitative estimate of drug-likeness (QED) is 0.654. The molecule has 5 nitrogen and oxygen atoms in total. The van der Waals surface area contributed by atoms with Crippen molar-refractivity contribution in [1.29, 1.82) is 0 Å². The van der Waals surface area contributed by atoms with Gasteiger partial charge < -0.3 is 14.8 Å². The number of thiocarbonyl (C=S) groups is 1. The van der Waals surface area contributed by atoms with Crippen molar-refractivity contribution in [3.8, 4) is 11.5 Å². The molecule has 0 atom stereocenters. The van der Waals surface area contributed by atoms with E-state index in [1.54, 1.807) is 56.7 Å². The van der Waals surface area contributed by atoms with E-state index in [1.165, 1.54) is 4.90 Å². The van der Waals surface area contributed by atoms with Crippen molar-refractivity contribution in [2.45, 2.75) is 0 Å². The molecule has 0 unspecified atom stereocenters. The Hall–Kier alpha value is -2.57. The summed E-state index contributed by atoms with van der Waals surface area (Å²) in [6.07, 6.45) is 1.70. The monoisotopic (exact) mass is 374 g/mol. The number of nitrogens with zero attached hydrogens (tertiary/aromatic N) is 1. The number of benzene rings is 2. The molecule has 0 aliphatic carbocycles. The second-order valence-corrected chi connectivity index (χ2v) is 6.01. The predicted molar refractivity (Wildman–Crippen MR) is 102 cm³/mol. The van der Waals surface area contributed by atoms with E-state index >= 15 is 0 Å². The van der Waals surface area contributed by atoms with Gasteiger partial charge in [0, 0.05) is 0 Å². The molecule has 0 bridgehead atoms. The minimum atomic E-state index is -0.234. The molecular formula is C18H15ClN2O3S. The van der Waals surface area contributed by atoms with Crippen molar-refractivity contribution in [1.82, 2.24) is 5.32 Å². The van der Waals surface area contributed by atoms with Gasteiger partial charge in [0.15, 0.2) is 5.11 Å². The third kappa shape index (κ3) is 3.45. The molecule has 0 radical (unpaired) electrons. The average Bonchev–Trinajstić information content (AvgIpc) is 2.89. The molecule has 1 N–H and O–H groups in total. The Morgan fingerprint density at radius 1 is 1.12 bits per heavy atom. The van der Waals surface area contributed by atoms with E-state index in [2.05, 4.69) is 5.32 Å². The number of hydrogen-bond donors (Lipinski definition) is 1. The molecule has 7 heteroatoms. The Kier molecular flexibility index (Phi) is 4.92. The second-order valence-electron chi connectivity index (χ2n) is 5.22. The molecule has 1 fully saturated rings. The number of amides is 1. The second kappa shape index (κ2) is 7.13. The lowest BCUT2D eigenvalue weighted by Crippen LogP contribution is -2.30. The van der Waals surface area contributed by atoms with Crippen molar-refractivity contribution in [2.75, 3.05) is 19.1 Å². The topological polar surface area (TPSA) is 50.8 Å². The Balaban J connectivity index is 1.88. The zero-order valence-corrected chi connectivity index (χ0v) is 15.1. The van der Waals surface area contributed by atoms with E-state index in [9.17, 15) is 4.79 Å². The maximum atomic E-state index is 12.7. The van der Waals surface area contributed by atoms with Gasteiger partial charge in [0.2, 0.25) is 0 Å². The summed E-state index contributed by atoms with van der Waals surface area (Å²) in [5.41, 5.74) is 1.81. The number of rotatable bonds is 4. The van der Waals surface area contributed by atoms with Crippen LogP contribution in [0.5, 0.6) is 11.5 Å². The van der Waals surface area contributed by atoms with Crippen molar-refractivity contribution in [3.63, 3.8) is 0 Å². The molecule has 1 saturated heterocycles. The molecule has 1 heterocycles. The van der Waals surface area contributed by atoms with Gasteiger partial charge in [-0.15, -0.1) is 0 Å². The van der Waals surface area contributed by atoms with Crippen LogP contribution in [0.1, 0.15) is 5.56 Å². The molecule has 128 valence electrons. The summed E-state index contributed by atoms with van der Waals surface area (Å²) >= 11 is 11.4. The summed E-state index contributed by atoms with van der Waals surface area (Å²) in [6, 6.07) is 12.4. The lowest BCUT2D eigenvalue weighted by atomic mass is 10.2. The van der Waals surface area contributed by atoms with E-state index in [4.69, 9.17) is 33.3 Å². The Morgan fingerprint density at radius 3 is 2.44 bits per heavy atom. The number of ether oxygens (including phenoxy) is 2. The minimum Gasteiger partial charge on any atom is -0.497 e. The van der Waals surface area contributed by atoms with Gasteiger partial charge in [-0.3, -0.25) is 9.69 Å². The molecule has 1 amide bonds. The number of hydrogen-bond acceptors (Lipinski definition) is 4. The normalized spacial score (nSPS) is 15.5. The first-order valence-electron chi connectivity index (χ1n) is 7.38. The van der Waals surface area contributed by atoms with Crippen LogP contribution in [0.25, 0.3) is 6.08 Å². The summed E-state index contributed by atoms with van der Waals surface area (Å²) in [6.45, 7) is 0. The SMILES string of the molecule is COc1ccc(N2C(=O)C(=Cc3ccc(OC)c(Cl)c3)NC2=S)cc1. The van der Waals surface area contributed by atoms with Gasteiger partial charge in [-0.2, -0.15) is 0 Å². The largest absolute Gasteiger partial charge is 0.497 e. The predicted octanol–water partition coefficient (Wildman–Crippen LogP) is 3.62. The highest BCUT2D eigenvalue weighted by molar-refractivity contribution is 7.80. The van der Waals surface area contributed by atoms with E-state index < -0.39 is 0 Å². The number of carbonyl (C=O) groups is 1. The molecule has 0 aromatic heterocycles. The van der Waals surface area contributed by atoms with Crippen LogP contribution in [0.15, 0.2) is 48.2 Å². The van der Waals surface area contributed by atoms with Crippen molar-refractivity contribution in [2.24, 2.45) is 0 Å². The third-order valence-corrected chi connectivity index (χ3v) is 4.28. The molecule has 3 rings (SSSR count). The van der Waals surface area contributed by atoms with Gasteiger partial charge in [0.1, 0.15) is 17.2 Å². The molecule has 25 heavy (non-hydrogen) atoms. The van der Waals surface area contributed by atoms with Crippen LogP contribution in [-0.2, 0) is 4.79 Å². The van der Waals surface area contributed by atoms with E-state index in [0.29, 0.717) is 33.0 Å². The van der Waals surface area contributed by atoms with Crippen molar-refractivity contribution >= 4 is 46.6 Å². The van der Waals surface area contributed by atoms with Crippen molar-refractivity contribution in [3.05, 3.63) is 58.7 Å². The zero-order valence-electron chi connectivity index (χ0n) is 13.6. The van der Waals surface area contributed by atoms with Crippen LogP contribution >= 0.6 is 23.8 Å². The summed E-state index contributed by atoms with van der Waals surface area (Å²) in [7, 11) is 3.13. The van der Waals surface area contributed by atoms with Gasteiger partial charge in [-0.1, -0.05) is 17.7 Å². The molecule has 0 saturated carbocycles. The van der Waals surface area contributed by atoms with E-state index in [-0.39, 0.29) is 5.91 Å². The van der Waals surface area contributed by atoms with Crippen LogP contribution in [0.2, 0.25) is 5.02 Å². The highest BCUT2D eigenvalue weighted by Gasteiger charge is 2.31. The fraction of sp³-hybridized carbons (Fsp3) is 0.111. The van der Waals surface area contributed by atoms with Gasteiger partial charge in [-0.05, 0) is 60.3 Å². The number of anilines is 1. The Morgan fingerprint density at radius 2 is 1.84 bits per heavy atom. The molecule has 1 aliphatic heterocycles. The summed E-state index contributed by atoms with van der Waals surface area (Å²) in [5.74, 6) is 1.05. The van der Waals surface area contributed by atoms with Crippen LogP contribution in [0.4, 0.5) is 5.69 Å². The van der Waals surface area contributed by atoms with E-state index in [1.807, 2.05) is 6.07 Å². The highest BCUT2D eigenvalue weighted by atomic mass is 35.5. The van der Waals surface area contributed by atoms with Gasteiger partial charge in [-0.25, -0.2) is 0 Å². The Labute approximate surface area is 155 Å². The maximum Gasteiger partial charge on any atom is 0.281 e. The number of nitrogens with one attached hydrogen (secondary N) is 1. The first-order chi connectivity index (χ1) is 12.0. The smallest absolute Gasteiger partial charge is 0.281 e. The first-order valence-corrected chi connectivity index (χ1v) is 8.17. The molecule has 2 aromatic rings. The maximum absolute atomic E-state index is 12.7. The number of methoxy groups -OCH3 is 2. The highest BCUT2D eigenvalue weighted by Crippen LogP contribution is 2.28. The third-order valence-electron chi connectivity index (χ3n) is 3.70. The lowest BCUT2D eigenvalue weighted by Gasteiger charge is -2.14. The molecule has 0 spiro atoms. The number of carbonyl (C=O) groups excluding carboxylic acids is 1. The van der Waals surface area contributed by atoms with Gasteiger partial charge >= 0.3 is 0 Å². The summed E-state index contributed by atoms with van der Waals surface area (Å²) < 4.78 is 10.3. The standard InChI is InChI=1S/C18H15ClN2O3S/c1-23-13-6-4-12(5-7-13)21-17(22)15(20-18(21)25)10-11-3-8-16(24-2)14(19)9-11/h3-10H,1-2H3,(H,20,25). The van der Waals surface area contributed by atoms with Crippen LogP contribution in [0, 0.1) is 0 Å². The average molecular weight is 375 g/mol. The van der Waals surface area contributed by atoms with Crippen LogP contribution in [-0.4, -0.2) is 25.2 Å². The molecule has 2 aromatic carbocycles. The van der Waals surface area contributed by atoms with E-state index in [0.717, 1.165) is 5.56 Å². The lowest BCUT2D eigenvalue weighted by molar-refractivity contribution is -0.113.